The summed E-state index contributed by atoms with van der Waals surface area (Å²) in [5.74, 6) is 0.401. The van der Waals surface area contributed by atoms with Gasteiger partial charge in [-0.1, -0.05) is 29.8 Å². The summed E-state index contributed by atoms with van der Waals surface area (Å²) in [6.07, 6.45) is 0. The normalized spacial score (nSPS) is 11.0. The minimum Gasteiger partial charge on any atom is -0.476 e. The zero-order valence-electron chi connectivity index (χ0n) is 15.9. The maximum atomic E-state index is 12.5. The number of para-hydroxylation sites is 1. The Morgan fingerprint density at radius 2 is 1.76 bits per heavy atom. The van der Waals surface area contributed by atoms with Gasteiger partial charge in [0.25, 0.3) is 0 Å². The Balaban J connectivity index is 1.63. The second kappa shape index (κ2) is 8.74. The van der Waals surface area contributed by atoms with Gasteiger partial charge in [-0.2, -0.15) is 15.0 Å². The Bertz CT molecular complexity index is 981. The van der Waals surface area contributed by atoms with Crippen molar-refractivity contribution in [3.8, 4) is 5.75 Å². The number of benzene rings is 2. The standard InChI is InChI=1S/C20H20ClN5O3/c1-20(2,29-15-10-8-13(21)9-11-15)17(27)28-12-16-24-18(22)26-19(25-16)23-14-6-4-3-5-7-14/h3-11H,12H2,1-2H3,(H3,22,23,24,25,26). The maximum Gasteiger partial charge on any atom is 0.350 e. The van der Waals surface area contributed by atoms with Crippen LogP contribution in [0.4, 0.5) is 17.6 Å². The lowest BCUT2D eigenvalue weighted by molar-refractivity contribution is -0.161. The molecule has 0 fully saturated rings. The third kappa shape index (κ3) is 5.79. The van der Waals surface area contributed by atoms with Gasteiger partial charge in [0.05, 0.1) is 0 Å². The van der Waals surface area contributed by atoms with E-state index in [1.165, 1.54) is 0 Å². The number of nitrogens with two attached hydrogens (primary N) is 1. The van der Waals surface area contributed by atoms with Crippen LogP contribution in [0.5, 0.6) is 5.75 Å². The highest BCUT2D eigenvalue weighted by Gasteiger charge is 2.32. The Hall–Kier alpha value is -3.39. The van der Waals surface area contributed by atoms with E-state index in [9.17, 15) is 4.79 Å². The second-order valence-electron chi connectivity index (χ2n) is 6.57. The molecule has 0 unspecified atom stereocenters. The highest BCUT2D eigenvalue weighted by Crippen LogP contribution is 2.22. The van der Waals surface area contributed by atoms with Crippen LogP contribution in [-0.2, 0) is 16.1 Å². The molecule has 0 bridgehead atoms. The number of anilines is 3. The van der Waals surface area contributed by atoms with Gasteiger partial charge in [-0.25, -0.2) is 4.79 Å². The van der Waals surface area contributed by atoms with Crippen LogP contribution in [-0.4, -0.2) is 26.5 Å². The molecule has 3 N–H and O–H groups in total. The molecule has 0 atom stereocenters. The number of nitrogen functional groups attached to an aromatic ring is 1. The zero-order chi connectivity index (χ0) is 20.9. The van der Waals surface area contributed by atoms with Gasteiger partial charge in [0.2, 0.25) is 11.9 Å². The molecule has 0 saturated heterocycles. The highest BCUT2D eigenvalue weighted by molar-refractivity contribution is 6.30. The van der Waals surface area contributed by atoms with Crippen LogP contribution in [0.3, 0.4) is 0 Å². The summed E-state index contributed by atoms with van der Waals surface area (Å²) in [6, 6.07) is 16.0. The third-order valence-electron chi connectivity index (χ3n) is 3.74. The largest absolute Gasteiger partial charge is 0.476 e. The number of aromatic nitrogens is 3. The molecule has 9 heteroatoms. The number of halogens is 1. The first-order valence-corrected chi connectivity index (χ1v) is 9.14. The fourth-order valence-corrected chi connectivity index (χ4v) is 2.48. The number of nitrogens with one attached hydrogen (secondary N) is 1. The minimum atomic E-state index is -1.22. The second-order valence-corrected chi connectivity index (χ2v) is 7.00. The fraction of sp³-hybridized carbons (Fsp3) is 0.200. The summed E-state index contributed by atoms with van der Waals surface area (Å²) < 4.78 is 11.0. The quantitative estimate of drug-likeness (QED) is 0.563. The lowest BCUT2D eigenvalue weighted by Crippen LogP contribution is -2.39. The molecular formula is C20H20ClN5O3. The van der Waals surface area contributed by atoms with E-state index in [0.717, 1.165) is 5.69 Å². The van der Waals surface area contributed by atoms with Crippen molar-refractivity contribution in [2.75, 3.05) is 11.1 Å². The van der Waals surface area contributed by atoms with Crippen molar-refractivity contribution >= 4 is 35.2 Å². The molecule has 29 heavy (non-hydrogen) atoms. The van der Waals surface area contributed by atoms with Crippen molar-refractivity contribution in [1.82, 2.24) is 15.0 Å². The molecule has 0 amide bonds. The predicted octanol–water partition coefficient (Wildman–Crippen LogP) is 3.75. The molecule has 0 spiro atoms. The molecule has 3 rings (SSSR count). The molecule has 0 radical (unpaired) electrons. The minimum absolute atomic E-state index is 0.0150. The molecule has 2 aromatic carbocycles. The van der Waals surface area contributed by atoms with E-state index in [1.54, 1.807) is 38.1 Å². The molecule has 0 aliphatic rings. The van der Waals surface area contributed by atoms with Crippen molar-refractivity contribution in [2.45, 2.75) is 26.1 Å². The molecule has 1 aromatic heterocycles. The van der Waals surface area contributed by atoms with Crippen LogP contribution in [0.2, 0.25) is 5.02 Å². The average molecular weight is 414 g/mol. The monoisotopic (exact) mass is 413 g/mol. The van der Waals surface area contributed by atoms with Crippen molar-refractivity contribution in [2.24, 2.45) is 0 Å². The van der Waals surface area contributed by atoms with Crippen molar-refractivity contribution in [1.29, 1.82) is 0 Å². The van der Waals surface area contributed by atoms with E-state index in [-0.39, 0.29) is 24.3 Å². The summed E-state index contributed by atoms with van der Waals surface area (Å²) in [5.41, 5.74) is 5.31. The lowest BCUT2D eigenvalue weighted by Gasteiger charge is -2.24. The Morgan fingerprint density at radius 3 is 2.45 bits per heavy atom. The first-order valence-electron chi connectivity index (χ1n) is 8.76. The van der Waals surface area contributed by atoms with Crippen LogP contribution in [0, 0.1) is 0 Å². The van der Waals surface area contributed by atoms with E-state index in [4.69, 9.17) is 26.8 Å². The maximum absolute atomic E-state index is 12.5. The van der Waals surface area contributed by atoms with Gasteiger partial charge in [0, 0.05) is 10.7 Å². The van der Waals surface area contributed by atoms with Crippen LogP contribution < -0.4 is 15.8 Å². The number of hydrogen-bond donors (Lipinski definition) is 2. The van der Waals surface area contributed by atoms with Gasteiger partial charge in [-0.05, 0) is 50.2 Å². The van der Waals surface area contributed by atoms with Gasteiger partial charge in [0.1, 0.15) is 5.75 Å². The number of hydrogen-bond acceptors (Lipinski definition) is 8. The van der Waals surface area contributed by atoms with Gasteiger partial charge in [-0.15, -0.1) is 0 Å². The van der Waals surface area contributed by atoms with Crippen LogP contribution in [0.25, 0.3) is 0 Å². The summed E-state index contributed by atoms with van der Waals surface area (Å²) in [6.45, 7) is 3.03. The summed E-state index contributed by atoms with van der Waals surface area (Å²) >= 11 is 5.86. The number of esters is 1. The van der Waals surface area contributed by atoms with E-state index in [1.807, 2.05) is 30.3 Å². The number of carbonyl (C=O) groups is 1. The number of ether oxygens (including phenoxy) is 2. The summed E-state index contributed by atoms with van der Waals surface area (Å²) in [7, 11) is 0. The first kappa shape index (κ1) is 20.3. The smallest absolute Gasteiger partial charge is 0.350 e. The number of nitrogens with zero attached hydrogens (tertiary/aromatic N) is 3. The van der Waals surface area contributed by atoms with Crippen LogP contribution >= 0.6 is 11.6 Å². The zero-order valence-corrected chi connectivity index (χ0v) is 16.7. The van der Waals surface area contributed by atoms with Crippen molar-refractivity contribution in [3.63, 3.8) is 0 Å². The summed E-state index contributed by atoms with van der Waals surface area (Å²) in [5, 5.41) is 3.60. The van der Waals surface area contributed by atoms with Gasteiger partial charge in [0.15, 0.2) is 18.0 Å². The Morgan fingerprint density at radius 1 is 1.07 bits per heavy atom. The van der Waals surface area contributed by atoms with E-state index in [0.29, 0.717) is 10.8 Å². The average Bonchev–Trinajstić information content (AvgIpc) is 2.68. The first-order chi connectivity index (χ1) is 13.8. The van der Waals surface area contributed by atoms with Crippen molar-refractivity contribution in [3.05, 3.63) is 65.4 Å². The molecule has 0 saturated carbocycles. The van der Waals surface area contributed by atoms with E-state index in [2.05, 4.69) is 20.3 Å². The third-order valence-corrected chi connectivity index (χ3v) is 3.99. The SMILES string of the molecule is CC(C)(Oc1ccc(Cl)cc1)C(=O)OCc1nc(N)nc(Nc2ccccc2)n1. The fourth-order valence-electron chi connectivity index (χ4n) is 2.35. The number of carbonyl (C=O) groups excluding carboxylic acids is 1. The molecular weight excluding hydrogens is 394 g/mol. The van der Waals surface area contributed by atoms with Crippen LogP contribution in [0.1, 0.15) is 19.7 Å². The lowest BCUT2D eigenvalue weighted by atomic mass is 10.1. The predicted molar refractivity (Wildman–Crippen MR) is 110 cm³/mol. The topological polar surface area (TPSA) is 112 Å². The van der Waals surface area contributed by atoms with Crippen molar-refractivity contribution < 1.29 is 14.3 Å². The van der Waals surface area contributed by atoms with Gasteiger partial charge < -0.3 is 20.5 Å². The number of rotatable bonds is 7. The molecule has 0 aliphatic carbocycles. The Labute approximate surface area is 173 Å². The molecule has 1 heterocycles. The summed E-state index contributed by atoms with van der Waals surface area (Å²) in [4.78, 5) is 24.8. The Kier molecular flexibility index (Phi) is 6.13. The van der Waals surface area contributed by atoms with Crippen LogP contribution in [0.15, 0.2) is 54.6 Å². The molecule has 8 nitrogen and oxygen atoms in total. The molecule has 0 aliphatic heterocycles. The van der Waals surface area contributed by atoms with E-state index < -0.39 is 11.6 Å². The highest BCUT2D eigenvalue weighted by atomic mass is 35.5. The van der Waals surface area contributed by atoms with E-state index >= 15 is 0 Å². The molecule has 3 aromatic rings. The van der Waals surface area contributed by atoms with Gasteiger partial charge in [-0.3, -0.25) is 0 Å². The molecule has 150 valence electrons. The van der Waals surface area contributed by atoms with Gasteiger partial charge >= 0.3 is 5.97 Å².